The molecule has 1 saturated heterocycles. The van der Waals surface area contributed by atoms with Crippen LogP contribution in [0.5, 0.6) is 0 Å². The van der Waals surface area contributed by atoms with Crippen molar-refractivity contribution in [1.82, 2.24) is 0 Å². The van der Waals surface area contributed by atoms with Gasteiger partial charge in [0.25, 0.3) is 5.91 Å². The Hall–Kier alpha value is -2.24. The molecule has 0 aliphatic carbocycles. The number of hydrogen-bond donors (Lipinski definition) is 1. The van der Waals surface area contributed by atoms with E-state index in [-0.39, 0.29) is 10.6 Å². The van der Waals surface area contributed by atoms with Gasteiger partial charge in [0.2, 0.25) is 0 Å². The molecule has 5 nitrogen and oxygen atoms in total. The molecule has 2 aromatic carbocycles. The highest BCUT2D eigenvalue weighted by molar-refractivity contribution is 6.36. The van der Waals surface area contributed by atoms with Crippen LogP contribution in [-0.4, -0.2) is 31.6 Å². The lowest BCUT2D eigenvalue weighted by Crippen LogP contribution is -2.21. The van der Waals surface area contributed by atoms with Crippen molar-refractivity contribution in [2.75, 3.05) is 29.9 Å². The highest BCUT2D eigenvalue weighted by Gasteiger charge is 2.15. The van der Waals surface area contributed by atoms with Crippen LogP contribution in [0.25, 0.3) is 0 Å². The summed E-state index contributed by atoms with van der Waals surface area (Å²) < 4.78 is 5.00. The number of benzene rings is 2. The van der Waals surface area contributed by atoms with Gasteiger partial charge in [-0.25, -0.2) is 4.79 Å². The molecular formula is C19H18Cl2N2O3. The molecule has 0 bridgehead atoms. The maximum Gasteiger partial charge on any atom is 0.340 e. The first-order valence-electron chi connectivity index (χ1n) is 8.30. The van der Waals surface area contributed by atoms with Crippen LogP contribution < -0.4 is 10.2 Å². The van der Waals surface area contributed by atoms with E-state index in [9.17, 15) is 9.59 Å². The molecule has 26 heavy (non-hydrogen) atoms. The maximum absolute atomic E-state index is 12.0. The zero-order valence-corrected chi connectivity index (χ0v) is 15.5. The Kier molecular flexibility index (Phi) is 6.01. The quantitative estimate of drug-likeness (QED) is 0.766. The van der Waals surface area contributed by atoms with Gasteiger partial charge in [-0.15, -0.1) is 0 Å². The van der Waals surface area contributed by atoms with Crippen molar-refractivity contribution in [3.63, 3.8) is 0 Å². The Morgan fingerprint density at radius 2 is 1.73 bits per heavy atom. The third-order valence-electron chi connectivity index (χ3n) is 4.11. The predicted octanol–water partition coefficient (Wildman–Crippen LogP) is 4.39. The molecule has 0 saturated carbocycles. The molecule has 1 heterocycles. The summed E-state index contributed by atoms with van der Waals surface area (Å²) in [4.78, 5) is 26.3. The number of hydrogen-bond acceptors (Lipinski definition) is 4. The zero-order chi connectivity index (χ0) is 18.5. The fourth-order valence-corrected chi connectivity index (χ4v) is 3.28. The minimum atomic E-state index is -0.675. The van der Waals surface area contributed by atoms with Gasteiger partial charge in [0, 0.05) is 29.5 Å². The number of ether oxygens (including phenoxy) is 1. The van der Waals surface area contributed by atoms with E-state index in [1.807, 2.05) is 24.3 Å². The predicted molar refractivity (Wildman–Crippen MR) is 103 cm³/mol. The van der Waals surface area contributed by atoms with E-state index < -0.39 is 18.5 Å². The Labute approximate surface area is 161 Å². The van der Waals surface area contributed by atoms with E-state index in [0.717, 1.165) is 18.8 Å². The topological polar surface area (TPSA) is 58.6 Å². The monoisotopic (exact) mass is 392 g/mol. The zero-order valence-electron chi connectivity index (χ0n) is 14.0. The lowest BCUT2D eigenvalue weighted by atomic mass is 10.2. The van der Waals surface area contributed by atoms with E-state index >= 15 is 0 Å². The minimum Gasteiger partial charge on any atom is -0.452 e. The van der Waals surface area contributed by atoms with Crippen LogP contribution >= 0.6 is 23.2 Å². The van der Waals surface area contributed by atoms with Crippen molar-refractivity contribution in [1.29, 1.82) is 0 Å². The van der Waals surface area contributed by atoms with E-state index in [0.29, 0.717) is 10.7 Å². The molecule has 1 N–H and O–H groups in total. The molecule has 1 aliphatic rings. The maximum atomic E-state index is 12.0. The summed E-state index contributed by atoms with van der Waals surface area (Å²) in [6.07, 6.45) is 2.42. The SMILES string of the molecule is O=C(COC(=O)c1ccc(Cl)cc1Cl)Nc1ccc(N2CCCC2)cc1. The molecule has 0 spiro atoms. The molecule has 7 heteroatoms. The lowest BCUT2D eigenvalue weighted by Gasteiger charge is -2.17. The van der Waals surface area contributed by atoms with Crippen molar-refractivity contribution < 1.29 is 14.3 Å². The number of rotatable bonds is 5. The van der Waals surface area contributed by atoms with Crippen molar-refractivity contribution in [2.24, 2.45) is 0 Å². The van der Waals surface area contributed by atoms with E-state index in [1.165, 1.54) is 31.0 Å². The molecule has 3 rings (SSSR count). The van der Waals surface area contributed by atoms with Crippen LogP contribution in [0.2, 0.25) is 10.0 Å². The van der Waals surface area contributed by atoms with Gasteiger partial charge >= 0.3 is 5.97 Å². The van der Waals surface area contributed by atoms with Gasteiger partial charge < -0.3 is 15.0 Å². The number of nitrogens with one attached hydrogen (secondary N) is 1. The lowest BCUT2D eigenvalue weighted by molar-refractivity contribution is -0.119. The van der Waals surface area contributed by atoms with Crippen LogP contribution in [0, 0.1) is 0 Å². The van der Waals surface area contributed by atoms with Gasteiger partial charge in [0.1, 0.15) is 0 Å². The fraction of sp³-hybridized carbons (Fsp3) is 0.263. The summed E-state index contributed by atoms with van der Waals surface area (Å²) in [5, 5.41) is 3.30. The van der Waals surface area contributed by atoms with Crippen molar-refractivity contribution in [3.8, 4) is 0 Å². The van der Waals surface area contributed by atoms with E-state index in [1.54, 1.807) is 0 Å². The number of halogens is 2. The number of anilines is 2. The molecule has 2 aromatic rings. The standard InChI is InChI=1S/C19H18Cl2N2O3/c20-13-3-8-16(17(21)11-13)19(25)26-12-18(24)22-14-4-6-15(7-5-14)23-9-1-2-10-23/h3-8,11H,1-2,9-10,12H2,(H,22,24). The Balaban J connectivity index is 1.51. The minimum absolute atomic E-state index is 0.166. The van der Waals surface area contributed by atoms with Gasteiger partial charge in [0.05, 0.1) is 10.6 Å². The first-order valence-corrected chi connectivity index (χ1v) is 9.05. The normalized spacial score (nSPS) is 13.5. The smallest absolute Gasteiger partial charge is 0.340 e. The molecule has 0 radical (unpaired) electrons. The second kappa shape index (κ2) is 8.43. The van der Waals surface area contributed by atoms with Gasteiger partial charge in [-0.2, -0.15) is 0 Å². The van der Waals surface area contributed by atoms with Gasteiger partial charge in [-0.05, 0) is 55.3 Å². The molecule has 0 aromatic heterocycles. The van der Waals surface area contributed by atoms with Crippen LogP contribution in [0.15, 0.2) is 42.5 Å². The summed E-state index contributed by atoms with van der Waals surface area (Å²) in [5.74, 6) is -1.09. The van der Waals surface area contributed by atoms with Gasteiger partial charge in [-0.1, -0.05) is 23.2 Å². The Morgan fingerprint density at radius 3 is 2.38 bits per heavy atom. The summed E-state index contributed by atoms with van der Waals surface area (Å²) in [5.41, 5.74) is 1.96. The number of esters is 1. The largest absolute Gasteiger partial charge is 0.452 e. The summed E-state index contributed by atoms with van der Waals surface area (Å²) in [7, 11) is 0. The summed E-state index contributed by atoms with van der Waals surface area (Å²) >= 11 is 11.7. The molecule has 136 valence electrons. The Morgan fingerprint density at radius 1 is 1.04 bits per heavy atom. The molecule has 1 aliphatic heterocycles. The number of nitrogens with zero attached hydrogens (tertiary/aromatic N) is 1. The van der Waals surface area contributed by atoms with E-state index in [4.69, 9.17) is 27.9 Å². The van der Waals surface area contributed by atoms with Gasteiger partial charge in [0.15, 0.2) is 6.61 Å². The molecule has 0 atom stereocenters. The summed E-state index contributed by atoms with van der Waals surface area (Å²) in [6, 6.07) is 12.1. The van der Waals surface area contributed by atoms with Crippen LogP contribution in [-0.2, 0) is 9.53 Å². The van der Waals surface area contributed by atoms with Crippen LogP contribution in [0.4, 0.5) is 11.4 Å². The third kappa shape index (κ3) is 4.68. The highest BCUT2D eigenvalue weighted by Crippen LogP contribution is 2.23. The first-order chi connectivity index (χ1) is 12.5. The third-order valence-corrected chi connectivity index (χ3v) is 4.66. The van der Waals surface area contributed by atoms with Gasteiger partial charge in [-0.3, -0.25) is 4.79 Å². The molecule has 1 fully saturated rings. The van der Waals surface area contributed by atoms with E-state index in [2.05, 4.69) is 10.2 Å². The highest BCUT2D eigenvalue weighted by atomic mass is 35.5. The average Bonchev–Trinajstić information content (AvgIpc) is 3.15. The molecular weight excluding hydrogens is 375 g/mol. The number of carbonyl (C=O) groups is 2. The molecule has 0 unspecified atom stereocenters. The fourth-order valence-electron chi connectivity index (χ4n) is 2.79. The second-order valence-corrected chi connectivity index (χ2v) is 6.83. The summed E-state index contributed by atoms with van der Waals surface area (Å²) in [6.45, 7) is 1.73. The average molecular weight is 393 g/mol. The second-order valence-electron chi connectivity index (χ2n) is 5.99. The van der Waals surface area contributed by atoms with Crippen molar-refractivity contribution >= 4 is 46.5 Å². The first kappa shape index (κ1) is 18.5. The number of amides is 1. The van der Waals surface area contributed by atoms with Crippen molar-refractivity contribution in [3.05, 3.63) is 58.1 Å². The Bertz CT molecular complexity index is 803. The van der Waals surface area contributed by atoms with Crippen LogP contribution in [0.3, 0.4) is 0 Å². The number of carbonyl (C=O) groups excluding carboxylic acids is 2. The van der Waals surface area contributed by atoms with Crippen molar-refractivity contribution in [2.45, 2.75) is 12.8 Å². The molecule has 1 amide bonds. The van der Waals surface area contributed by atoms with Crippen LogP contribution in [0.1, 0.15) is 23.2 Å².